The summed E-state index contributed by atoms with van der Waals surface area (Å²) in [5.41, 5.74) is 1.70. The second-order valence-electron chi connectivity index (χ2n) is 3.64. The molecule has 0 atom stereocenters. The van der Waals surface area contributed by atoms with Crippen LogP contribution >= 0.6 is 0 Å². The molecule has 0 bridgehead atoms. The zero-order chi connectivity index (χ0) is 12.3. The number of rotatable bonds is 2. The van der Waals surface area contributed by atoms with Gasteiger partial charge in [-0.3, -0.25) is 9.78 Å². The lowest BCUT2D eigenvalue weighted by molar-refractivity contribution is 0.102. The van der Waals surface area contributed by atoms with Crippen LogP contribution in [0.15, 0.2) is 42.7 Å². The SMILES string of the molecule is Cc1c(O)cccc1C(=O)Nc1ccncc1. The van der Waals surface area contributed by atoms with E-state index in [9.17, 15) is 9.90 Å². The third kappa shape index (κ3) is 2.42. The zero-order valence-electron chi connectivity index (χ0n) is 9.34. The third-order valence-electron chi connectivity index (χ3n) is 2.49. The number of amides is 1. The van der Waals surface area contributed by atoms with E-state index in [-0.39, 0.29) is 11.7 Å². The molecule has 0 fully saturated rings. The van der Waals surface area contributed by atoms with Gasteiger partial charge in [0.25, 0.3) is 5.91 Å². The van der Waals surface area contributed by atoms with Gasteiger partial charge in [0.15, 0.2) is 0 Å². The molecule has 0 spiro atoms. The van der Waals surface area contributed by atoms with Gasteiger partial charge in [0.1, 0.15) is 5.75 Å². The van der Waals surface area contributed by atoms with Crippen LogP contribution in [-0.4, -0.2) is 16.0 Å². The van der Waals surface area contributed by atoms with E-state index in [0.717, 1.165) is 0 Å². The molecule has 0 saturated heterocycles. The lowest BCUT2D eigenvalue weighted by Gasteiger charge is -2.08. The van der Waals surface area contributed by atoms with E-state index < -0.39 is 0 Å². The number of aromatic nitrogens is 1. The molecule has 0 aliphatic heterocycles. The maximum Gasteiger partial charge on any atom is 0.256 e. The van der Waals surface area contributed by atoms with Gasteiger partial charge in [0, 0.05) is 29.2 Å². The Labute approximate surface area is 98.9 Å². The topological polar surface area (TPSA) is 62.2 Å². The van der Waals surface area contributed by atoms with Crippen LogP contribution in [0, 0.1) is 6.92 Å². The molecule has 86 valence electrons. The predicted octanol–water partition coefficient (Wildman–Crippen LogP) is 2.35. The van der Waals surface area contributed by atoms with Gasteiger partial charge in [-0.2, -0.15) is 0 Å². The van der Waals surface area contributed by atoms with Crippen molar-refractivity contribution in [1.29, 1.82) is 0 Å². The monoisotopic (exact) mass is 228 g/mol. The van der Waals surface area contributed by atoms with Crippen molar-refractivity contribution in [2.24, 2.45) is 0 Å². The van der Waals surface area contributed by atoms with Gasteiger partial charge in [-0.1, -0.05) is 6.07 Å². The molecule has 4 heteroatoms. The quantitative estimate of drug-likeness (QED) is 0.829. The van der Waals surface area contributed by atoms with Gasteiger partial charge in [0.05, 0.1) is 0 Å². The van der Waals surface area contributed by atoms with E-state index in [1.54, 1.807) is 49.6 Å². The van der Waals surface area contributed by atoms with E-state index in [4.69, 9.17) is 0 Å². The Balaban J connectivity index is 2.24. The number of benzene rings is 1. The molecule has 0 radical (unpaired) electrons. The minimum atomic E-state index is -0.246. The Hall–Kier alpha value is -2.36. The molecule has 2 N–H and O–H groups in total. The lowest BCUT2D eigenvalue weighted by Crippen LogP contribution is -2.13. The van der Waals surface area contributed by atoms with E-state index in [0.29, 0.717) is 16.8 Å². The highest BCUT2D eigenvalue weighted by molar-refractivity contribution is 6.05. The molecular weight excluding hydrogens is 216 g/mol. The van der Waals surface area contributed by atoms with Crippen LogP contribution in [0.5, 0.6) is 5.75 Å². The minimum Gasteiger partial charge on any atom is -0.508 e. The molecule has 0 aliphatic rings. The van der Waals surface area contributed by atoms with Crippen LogP contribution in [0.25, 0.3) is 0 Å². The van der Waals surface area contributed by atoms with Crippen LogP contribution in [0.1, 0.15) is 15.9 Å². The fourth-order valence-corrected chi connectivity index (χ4v) is 1.50. The first kappa shape index (κ1) is 11.1. The molecule has 1 aromatic carbocycles. The molecule has 0 saturated carbocycles. The van der Waals surface area contributed by atoms with E-state index >= 15 is 0 Å². The largest absolute Gasteiger partial charge is 0.508 e. The molecule has 1 aromatic heterocycles. The van der Waals surface area contributed by atoms with Crippen molar-refractivity contribution in [2.75, 3.05) is 5.32 Å². The molecular formula is C13H12N2O2. The lowest BCUT2D eigenvalue weighted by atomic mass is 10.1. The summed E-state index contributed by atoms with van der Waals surface area (Å²) in [5, 5.41) is 12.3. The molecule has 17 heavy (non-hydrogen) atoms. The first-order chi connectivity index (χ1) is 8.18. The Morgan fingerprint density at radius 3 is 2.65 bits per heavy atom. The van der Waals surface area contributed by atoms with Gasteiger partial charge in [-0.05, 0) is 31.2 Å². The Morgan fingerprint density at radius 2 is 1.94 bits per heavy atom. The first-order valence-electron chi connectivity index (χ1n) is 5.18. The number of nitrogens with one attached hydrogen (secondary N) is 1. The predicted molar refractivity (Wildman–Crippen MR) is 65.0 cm³/mol. The Bertz CT molecular complexity index is 538. The number of phenols is 1. The fourth-order valence-electron chi connectivity index (χ4n) is 1.50. The third-order valence-corrected chi connectivity index (χ3v) is 2.49. The Kier molecular flexibility index (Phi) is 3.05. The number of nitrogens with zero attached hydrogens (tertiary/aromatic N) is 1. The van der Waals surface area contributed by atoms with Crippen LogP contribution < -0.4 is 5.32 Å². The number of phenolic OH excluding ortho intramolecular Hbond substituents is 1. The maximum absolute atomic E-state index is 11.9. The highest BCUT2D eigenvalue weighted by atomic mass is 16.3. The number of anilines is 1. The summed E-state index contributed by atoms with van der Waals surface area (Å²) in [6.07, 6.45) is 3.20. The zero-order valence-corrected chi connectivity index (χ0v) is 9.34. The average Bonchev–Trinajstić information content (AvgIpc) is 2.34. The van der Waals surface area contributed by atoms with Crippen molar-refractivity contribution in [2.45, 2.75) is 6.92 Å². The van der Waals surface area contributed by atoms with E-state index in [1.165, 1.54) is 0 Å². The minimum absolute atomic E-state index is 0.118. The van der Waals surface area contributed by atoms with Gasteiger partial charge in [-0.25, -0.2) is 0 Å². The summed E-state index contributed by atoms with van der Waals surface area (Å²) >= 11 is 0. The highest BCUT2D eigenvalue weighted by Gasteiger charge is 2.11. The number of carbonyl (C=O) groups excluding carboxylic acids is 1. The van der Waals surface area contributed by atoms with E-state index in [1.807, 2.05) is 0 Å². The highest BCUT2D eigenvalue weighted by Crippen LogP contribution is 2.20. The van der Waals surface area contributed by atoms with Crippen molar-refractivity contribution >= 4 is 11.6 Å². The summed E-state index contributed by atoms with van der Waals surface area (Å²) in [6, 6.07) is 8.28. The summed E-state index contributed by atoms with van der Waals surface area (Å²) in [4.78, 5) is 15.8. The smallest absolute Gasteiger partial charge is 0.256 e. The second-order valence-corrected chi connectivity index (χ2v) is 3.64. The van der Waals surface area contributed by atoms with Crippen LogP contribution in [-0.2, 0) is 0 Å². The van der Waals surface area contributed by atoms with Crippen molar-refractivity contribution in [3.63, 3.8) is 0 Å². The van der Waals surface area contributed by atoms with Crippen LogP contribution in [0.4, 0.5) is 5.69 Å². The molecule has 2 aromatic rings. The number of pyridine rings is 1. The Morgan fingerprint density at radius 1 is 1.24 bits per heavy atom. The average molecular weight is 228 g/mol. The molecule has 2 rings (SSSR count). The van der Waals surface area contributed by atoms with Crippen molar-refractivity contribution in [3.8, 4) is 5.75 Å². The molecule has 1 heterocycles. The first-order valence-corrected chi connectivity index (χ1v) is 5.18. The van der Waals surface area contributed by atoms with Crippen molar-refractivity contribution in [1.82, 2.24) is 4.98 Å². The van der Waals surface area contributed by atoms with Crippen LogP contribution in [0.3, 0.4) is 0 Å². The number of hydrogen-bond donors (Lipinski definition) is 2. The number of carbonyl (C=O) groups is 1. The standard InChI is InChI=1S/C13H12N2O2/c1-9-11(3-2-4-12(9)16)13(17)15-10-5-7-14-8-6-10/h2-8,16H,1H3,(H,14,15,17). The van der Waals surface area contributed by atoms with Gasteiger partial charge >= 0.3 is 0 Å². The van der Waals surface area contributed by atoms with Crippen LogP contribution in [0.2, 0.25) is 0 Å². The summed E-state index contributed by atoms with van der Waals surface area (Å²) in [5.74, 6) is -0.128. The number of aromatic hydroxyl groups is 1. The normalized spacial score (nSPS) is 9.94. The van der Waals surface area contributed by atoms with E-state index in [2.05, 4.69) is 10.3 Å². The summed E-state index contributed by atoms with van der Waals surface area (Å²) in [7, 11) is 0. The molecule has 4 nitrogen and oxygen atoms in total. The van der Waals surface area contributed by atoms with Crippen molar-refractivity contribution < 1.29 is 9.90 Å². The molecule has 1 amide bonds. The van der Waals surface area contributed by atoms with Gasteiger partial charge in [-0.15, -0.1) is 0 Å². The maximum atomic E-state index is 11.9. The van der Waals surface area contributed by atoms with Gasteiger partial charge < -0.3 is 10.4 Å². The summed E-state index contributed by atoms with van der Waals surface area (Å²) in [6.45, 7) is 1.71. The second kappa shape index (κ2) is 4.65. The summed E-state index contributed by atoms with van der Waals surface area (Å²) < 4.78 is 0. The fraction of sp³-hybridized carbons (Fsp3) is 0.0769. The molecule has 0 unspecified atom stereocenters. The molecule has 0 aliphatic carbocycles. The van der Waals surface area contributed by atoms with Gasteiger partial charge in [0.2, 0.25) is 0 Å². The van der Waals surface area contributed by atoms with Crippen molar-refractivity contribution in [3.05, 3.63) is 53.9 Å². The number of hydrogen-bond acceptors (Lipinski definition) is 3.